The highest BCUT2D eigenvalue weighted by Crippen LogP contribution is 2.39. The molecule has 46 heavy (non-hydrogen) atoms. The minimum absolute atomic E-state index is 0.244. The molecule has 0 aliphatic carbocycles. The van der Waals surface area contributed by atoms with Crippen LogP contribution in [0.5, 0.6) is 46.0 Å². The highest BCUT2D eigenvalue weighted by Gasteiger charge is 2.19. The number of hydrogen-bond acceptors (Lipinski definition) is 11. The molecular formula is C35H35NO10. The predicted molar refractivity (Wildman–Crippen MR) is 173 cm³/mol. The molecule has 0 aliphatic rings. The maximum Gasteiger partial charge on any atom is 0.343 e. The van der Waals surface area contributed by atoms with E-state index in [2.05, 4.69) is 0 Å². The summed E-state index contributed by atoms with van der Waals surface area (Å²) < 4.78 is 43.0. The van der Waals surface area contributed by atoms with E-state index in [0.717, 1.165) is 11.4 Å². The number of carbonyl (C=O) groups is 2. The molecular weight excluding hydrogens is 594 g/mol. The molecule has 11 heteroatoms. The summed E-state index contributed by atoms with van der Waals surface area (Å²) in [6, 6.07) is 20.6. The maximum atomic E-state index is 12.8. The number of ether oxygens (including phenoxy) is 8. The standard InChI is InChI=1S/C35H35NO10/c1-36(25-11-15-27(16-12-25)46-35(38)23-20-30(41-4)34(44-7)31(21-23)42-5)24-9-13-26(14-10-24)45-32(37)17-8-22-18-28(39-2)33(43-6)29(19-22)40-3/h8-21H,1-7H3/b17-8+. The zero-order valence-corrected chi connectivity index (χ0v) is 26.6. The zero-order valence-electron chi connectivity index (χ0n) is 26.6. The minimum Gasteiger partial charge on any atom is -0.493 e. The Kier molecular flexibility index (Phi) is 11.0. The number of methoxy groups -OCH3 is 6. The second-order valence-electron chi connectivity index (χ2n) is 9.56. The van der Waals surface area contributed by atoms with Gasteiger partial charge in [-0.15, -0.1) is 0 Å². The Hall–Kier alpha value is -5.84. The molecule has 0 N–H and O–H groups in total. The van der Waals surface area contributed by atoms with Crippen LogP contribution in [-0.4, -0.2) is 61.6 Å². The second kappa shape index (κ2) is 15.2. The van der Waals surface area contributed by atoms with Crippen molar-refractivity contribution in [2.24, 2.45) is 0 Å². The van der Waals surface area contributed by atoms with Crippen LogP contribution in [0.15, 0.2) is 78.9 Å². The molecule has 0 heterocycles. The fourth-order valence-electron chi connectivity index (χ4n) is 4.50. The van der Waals surface area contributed by atoms with Gasteiger partial charge < -0.3 is 42.8 Å². The van der Waals surface area contributed by atoms with Gasteiger partial charge in [-0.05, 0) is 84.4 Å². The number of benzene rings is 4. The molecule has 0 saturated heterocycles. The fraction of sp³-hybridized carbons (Fsp3) is 0.200. The summed E-state index contributed by atoms with van der Waals surface area (Å²) in [7, 11) is 10.9. The van der Waals surface area contributed by atoms with Crippen LogP contribution < -0.4 is 42.8 Å². The largest absolute Gasteiger partial charge is 0.493 e. The molecule has 0 unspecified atom stereocenters. The Morgan fingerprint density at radius 2 is 0.978 bits per heavy atom. The van der Waals surface area contributed by atoms with Crippen LogP contribution in [0.2, 0.25) is 0 Å². The zero-order chi connectivity index (χ0) is 33.2. The Morgan fingerprint density at radius 3 is 1.39 bits per heavy atom. The molecule has 0 aromatic heterocycles. The number of carbonyl (C=O) groups excluding carboxylic acids is 2. The van der Waals surface area contributed by atoms with E-state index in [1.807, 2.05) is 36.2 Å². The van der Waals surface area contributed by atoms with E-state index in [4.69, 9.17) is 37.9 Å². The Balaban J connectivity index is 1.38. The van der Waals surface area contributed by atoms with Crippen molar-refractivity contribution in [1.29, 1.82) is 0 Å². The maximum absolute atomic E-state index is 12.8. The topological polar surface area (TPSA) is 111 Å². The summed E-state index contributed by atoms with van der Waals surface area (Å²) in [5, 5.41) is 0. The quantitative estimate of drug-likeness (QED) is 0.0938. The van der Waals surface area contributed by atoms with Crippen molar-refractivity contribution in [2.45, 2.75) is 0 Å². The molecule has 0 aliphatic heterocycles. The van der Waals surface area contributed by atoms with E-state index in [1.54, 1.807) is 42.5 Å². The first-order chi connectivity index (χ1) is 22.2. The highest BCUT2D eigenvalue weighted by atomic mass is 16.5. The number of hydrogen-bond donors (Lipinski definition) is 0. The van der Waals surface area contributed by atoms with Gasteiger partial charge in [0.1, 0.15) is 11.5 Å². The summed E-state index contributed by atoms with van der Waals surface area (Å²) in [5.74, 6) is 2.09. The third-order valence-electron chi connectivity index (χ3n) is 6.88. The van der Waals surface area contributed by atoms with Gasteiger partial charge in [0.25, 0.3) is 0 Å². The molecule has 240 valence electrons. The van der Waals surface area contributed by atoms with Gasteiger partial charge in [-0.3, -0.25) is 0 Å². The number of rotatable bonds is 13. The van der Waals surface area contributed by atoms with E-state index in [0.29, 0.717) is 51.6 Å². The first-order valence-electron chi connectivity index (χ1n) is 13.9. The van der Waals surface area contributed by atoms with Gasteiger partial charge in [0, 0.05) is 24.5 Å². The van der Waals surface area contributed by atoms with Crippen molar-refractivity contribution >= 4 is 29.4 Å². The van der Waals surface area contributed by atoms with Crippen molar-refractivity contribution in [3.8, 4) is 46.0 Å². The van der Waals surface area contributed by atoms with Gasteiger partial charge >= 0.3 is 11.9 Å². The SMILES string of the molecule is COc1cc(/C=C/C(=O)Oc2ccc(N(C)c3ccc(OC(=O)c4cc(OC)c(OC)c(OC)c4)cc3)cc2)cc(OC)c1OC. The fourth-order valence-corrected chi connectivity index (χ4v) is 4.50. The number of nitrogens with zero attached hydrogens (tertiary/aromatic N) is 1. The van der Waals surface area contributed by atoms with E-state index < -0.39 is 11.9 Å². The summed E-state index contributed by atoms with van der Waals surface area (Å²) in [4.78, 5) is 27.3. The third kappa shape index (κ3) is 7.62. The predicted octanol–water partition coefficient (Wildman–Crippen LogP) is 6.34. The lowest BCUT2D eigenvalue weighted by atomic mass is 10.1. The van der Waals surface area contributed by atoms with Crippen LogP contribution in [-0.2, 0) is 4.79 Å². The molecule has 0 radical (unpaired) electrons. The molecule has 11 nitrogen and oxygen atoms in total. The molecule has 4 aromatic rings. The van der Waals surface area contributed by atoms with Gasteiger partial charge in [0.2, 0.25) is 11.5 Å². The molecule has 0 atom stereocenters. The van der Waals surface area contributed by atoms with E-state index in [-0.39, 0.29) is 5.56 Å². The van der Waals surface area contributed by atoms with Gasteiger partial charge in [0.15, 0.2) is 23.0 Å². The lowest BCUT2D eigenvalue weighted by Gasteiger charge is -2.20. The summed E-state index contributed by atoms with van der Waals surface area (Å²) in [6.07, 6.45) is 2.91. The lowest BCUT2D eigenvalue weighted by molar-refractivity contribution is -0.128. The molecule has 0 spiro atoms. The molecule has 0 amide bonds. The van der Waals surface area contributed by atoms with E-state index >= 15 is 0 Å². The first-order valence-corrected chi connectivity index (χ1v) is 13.9. The van der Waals surface area contributed by atoms with Crippen molar-refractivity contribution in [3.05, 3.63) is 90.0 Å². The van der Waals surface area contributed by atoms with Crippen LogP contribution in [0.4, 0.5) is 11.4 Å². The minimum atomic E-state index is -0.580. The Morgan fingerprint density at radius 1 is 0.565 bits per heavy atom. The summed E-state index contributed by atoms with van der Waals surface area (Å²) in [5.41, 5.74) is 2.60. The summed E-state index contributed by atoms with van der Waals surface area (Å²) >= 11 is 0. The van der Waals surface area contributed by atoms with Crippen LogP contribution in [0.3, 0.4) is 0 Å². The highest BCUT2D eigenvalue weighted by molar-refractivity contribution is 5.93. The molecule has 4 rings (SSSR count). The molecule has 0 saturated carbocycles. The van der Waals surface area contributed by atoms with Crippen LogP contribution in [0, 0.1) is 0 Å². The van der Waals surface area contributed by atoms with Crippen molar-refractivity contribution < 1.29 is 47.5 Å². The average Bonchev–Trinajstić information content (AvgIpc) is 3.09. The molecule has 0 bridgehead atoms. The lowest BCUT2D eigenvalue weighted by Crippen LogP contribution is -2.11. The van der Waals surface area contributed by atoms with Crippen LogP contribution in [0.25, 0.3) is 6.08 Å². The van der Waals surface area contributed by atoms with Crippen LogP contribution >= 0.6 is 0 Å². The van der Waals surface area contributed by atoms with E-state index in [9.17, 15) is 9.59 Å². The average molecular weight is 630 g/mol. The Bertz CT molecular complexity index is 1650. The number of anilines is 2. The summed E-state index contributed by atoms with van der Waals surface area (Å²) in [6.45, 7) is 0. The monoisotopic (exact) mass is 629 g/mol. The van der Waals surface area contributed by atoms with E-state index in [1.165, 1.54) is 60.9 Å². The smallest absolute Gasteiger partial charge is 0.343 e. The molecule has 0 fully saturated rings. The number of esters is 2. The second-order valence-corrected chi connectivity index (χ2v) is 9.56. The molecule has 4 aromatic carbocycles. The van der Waals surface area contributed by atoms with Crippen molar-refractivity contribution in [3.63, 3.8) is 0 Å². The van der Waals surface area contributed by atoms with Crippen molar-refractivity contribution in [2.75, 3.05) is 54.6 Å². The van der Waals surface area contributed by atoms with Gasteiger partial charge in [0.05, 0.1) is 48.2 Å². The van der Waals surface area contributed by atoms with Gasteiger partial charge in [-0.25, -0.2) is 9.59 Å². The van der Waals surface area contributed by atoms with Crippen molar-refractivity contribution in [1.82, 2.24) is 0 Å². The van der Waals surface area contributed by atoms with Crippen LogP contribution in [0.1, 0.15) is 15.9 Å². The van der Waals surface area contributed by atoms with Gasteiger partial charge in [-0.2, -0.15) is 0 Å². The Labute approximate surface area is 267 Å². The first kappa shape index (κ1) is 33.1. The van der Waals surface area contributed by atoms with Gasteiger partial charge in [-0.1, -0.05) is 0 Å². The normalized spacial score (nSPS) is 10.6. The third-order valence-corrected chi connectivity index (χ3v) is 6.88.